The highest BCUT2D eigenvalue weighted by atomic mass is 16.4. The molecule has 4 bridgehead atoms. The normalized spacial score (nSPS) is 46.3. The Morgan fingerprint density at radius 2 is 1.72 bits per heavy atom. The number of nitrogens with two attached hydrogens (primary N) is 2. The first kappa shape index (κ1) is 44.6. The second-order valence-electron chi connectivity index (χ2n) is 22.6. The largest absolute Gasteiger partial charge is 0.478 e. The fraction of sp³-hybridized carbons (Fsp3) is 0.564. The Labute approximate surface area is 391 Å². The molecule has 10 aliphatic carbocycles. The number of allylic oxidation sites excluding steroid dienone is 4. The van der Waals surface area contributed by atoms with Gasteiger partial charge in [0, 0.05) is 82.2 Å². The van der Waals surface area contributed by atoms with Crippen LogP contribution in [0.1, 0.15) is 115 Å². The number of guanidine groups is 1. The number of aliphatic imine (C=N–C) groups is 1. The van der Waals surface area contributed by atoms with Crippen molar-refractivity contribution in [2.45, 2.75) is 145 Å². The molecule has 10 aliphatic rings. The zero-order valence-electron chi connectivity index (χ0n) is 38.6. The quantitative estimate of drug-likeness (QED) is 0.0638. The van der Waals surface area contributed by atoms with Gasteiger partial charge in [0.05, 0.1) is 11.7 Å². The number of aliphatic carboxylic acids is 1. The summed E-state index contributed by atoms with van der Waals surface area (Å²) in [5.74, 6) is 2.90. The Kier molecular flexibility index (Phi) is 9.39. The summed E-state index contributed by atoms with van der Waals surface area (Å²) < 4.78 is 0. The van der Waals surface area contributed by atoms with Crippen LogP contribution in [-0.2, 0) is 20.8 Å². The van der Waals surface area contributed by atoms with E-state index >= 15 is 4.79 Å². The minimum Gasteiger partial charge on any atom is -0.478 e. The molecule has 12 heteroatoms. The van der Waals surface area contributed by atoms with Crippen molar-refractivity contribution in [1.29, 1.82) is 0 Å². The molecule has 67 heavy (non-hydrogen) atoms. The Balaban J connectivity index is 1.23. The van der Waals surface area contributed by atoms with E-state index in [1.165, 1.54) is 12.5 Å². The van der Waals surface area contributed by atoms with Gasteiger partial charge in [0.2, 0.25) is 0 Å². The van der Waals surface area contributed by atoms with Gasteiger partial charge in [-0.25, -0.2) is 9.79 Å². The Hall–Kier alpha value is -4.90. The lowest BCUT2D eigenvalue weighted by molar-refractivity contribution is -0.206. The number of nitrogens with zero attached hydrogens (tertiary/aromatic N) is 1. The maximum Gasteiger partial charge on any atom is 0.331 e. The lowest BCUT2D eigenvalue weighted by Gasteiger charge is -2.71. The van der Waals surface area contributed by atoms with Crippen molar-refractivity contribution < 1.29 is 45.0 Å². The third-order valence-electron chi connectivity index (χ3n) is 19.9. The van der Waals surface area contributed by atoms with Gasteiger partial charge < -0.3 is 42.1 Å². The number of benzene rings is 1. The zero-order chi connectivity index (χ0) is 47.5. The first-order valence-electron chi connectivity index (χ1n) is 24.4. The van der Waals surface area contributed by atoms with Crippen LogP contribution in [0.25, 0.3) is 6.08 Å². The van der Waals surface area contributed by atoms with Crippen molar-refractivity contribution in [2.24, 2.45) is 61.3 Å². The molecule has 1 aromatic carbocycles. The van der Waals surface area contributed by atoms with Gasteiger partial charge in [-0.05, 0) is 99.0 Å². The third kappa shape index (κ3) is 5.17. The minimum atomic E-state index is -2.32. The van der Waals surface area contributed by atoms with Gasteiger partial charge in [-0.2, -0.15) is 0 Å². The van der Waals surface area contributed by atoms with E-state index in [0.29, 0.717) is 24.0 Å². The van der Waals surface area contributed by atoms with E-state index in [2.05, 4.69) is 37.0 Å². The smallest absolute Gasteiger partial charge is 0.331 e. The van der Waals surface area contributed by atoms with Crippen molar-refractivity contribution in [3.05, 3.63) is 99.7 Å². The van der Waals surface area contributed by atoms with Gasteiger partial charge in [-0.3, -0.25) is 9.59 Å². The Bertz CT molecular complexity index is 2750. The highest BCUT2D eigenvalue weighted by Gasteiger charge is 2.87. The van der Waals surface area contributed by atoms with Gasteiger partial charge in [-0.15, -0.1) is 11.8 Å². The van der Waals surface area contributed by atoms with Crippen LogP contribution in [0.15, 0.2) is 93.6 Å². The average Bonchev–Trinajstić information content (AvgIpc) is 3.33. The lowest BCUT2D eigenvalue weighted by atomic mass is 9.32. The molecule has 0 heterocycles. The van der Waals surface area contributed by atoms with E-state index in [4.69, 9.17) is 16.5 Å². The first-order chi connectivity index (χ1) is 31.7. The average molecular weight is 910 g/mol. The summed E-state index contributed by atoms with van der Waals surface area (Å²) >= 11 is 0. The van der Waals surface area contributed by atoms with E-state index < -0.39 is 85.3 Å². The number of aliphatic hydroxyl groups excluding tert-OH is 2. The molecule has 10 N–H and O–H groups in total. The van der Waals surface area contributed by atoms with E-state index in [-0.39, 0.29) is 99.3 Å². The van der Waals surface area contributed by atoms with Crippen LogP contribution in [-0.4, -0.2) is 88.7 Å². The molecular formula is C55H63N3O9. The van der Waals surface area contributed by atoms with Crippen LogP contribution >= 0.6 is 0 Å². The second-order valence-corrected chi connectivity index (χ2v) is 22.6. The van der Waals surface area contributed by atoms with Crippen LogP contribution in [0.2, 0.25) is 0 Å². The summed E-state index contributed by atoms with van der Waals surface area (Å²) in [6.45, 7) is 5.58. The lowest BCUT2D eigenvalue weighted by Crippen LogP contribution is -2.74. The Morgan fingerprint density at radius 3 is 2.46 bits per heavy atom. The molecule has 14 unspecified atom stereocenters. The fourth-order valence-corrected chi connectivity index (χ4v) is 17.6. The van der Waals surface area contributed by atoms with Crippen molar-refractivity contribution in [1.82, 2.24) is 0 Å². The number of Topliss-reactive ketones (excluding diaryl/α,β-unsaturated/α-hetero) is 2. The van der Waals surface area contributed by atoms with Crippen molar-refractivity contribution in [2.75, 3.05) is 0 Å². The summed E-state index contributed by atoms with van der Waals surface area (Å²) in [7, 11) is 0. The molecule has 14 atom stereocenters. The molecule has 0 aromatic heterocycles. The van der Waals surface area contributed by atoms with Crippen LogP contribution in [0.3, 0.4) is 0 Å². The number of fused-ring (bicyclic) bond motifs is 4. The third-order valence-corrected chi connectivity index (χ3v) is 19.9. The maximum atomic E-state index is 16.2. The monoisotopic (exact) mass is 909 g/mol. The van der Waals surface area contributed by atoms with E-state index in [9.17, 15) is 40.2 Å². The van der Waals surface area contributed by atoms with Gasteiger partial charge in [0.1, 0.15) is 28.6 Å². The number of ketones is 2. The van der Waals surface area contributed by atoms with Crippen molar-refractivity contribution in [3.63, 3.8) is 0 Å². The van der Waals surface area contributed by atoms with Crippen molar-refractivity contribution in [3.8, 4) is 11.8 Å². The summed E-state index contributed by atoms with van der Waals surface area (Å²) in [5.41, 5.74) is 2.99. The molecule has 0 saturated heterocycles. The highest BCUT2D eigenvalue weighted by Crippen LogP contribution is 2.86. The van der Waals surface area contributed by atoms with Gasteiger partial charge in [-0.1, -0.05) is 80.1 Å². The van der Waals surface area contributed by atoms with Crippen LogP contribution in [0, 0.1) is 56.7 Å². The number of aliphatic hydroxyl groups is 5. The van der Waals surface area contributed by atoms with Crippen molar-refractivity contribution >= 4 is 29.6 Å². The molecule has 12 nitrogen and oxygen atoms in total. The predicted molar refractivity (Wildman–Crippen MR) is 250 cm³/mol. The number of rotatable bonds is 5. The molecule has 352 valence electrons. The van der Waals surface area contributed by atoms with Gasteiger partial charge in [0.25, 0.3) is 0 Å². The molecule has 3 spiro atoms. The minimum absolute atomic E-state index is 0.000412. The fourth-order valence-electron chi connectivity index (χ4n) is 17.6. The summed E-state index contributed by atoms with van der Waals surface area (Å²) in [6.07, 6.45) is 13.2. The molecule has 0 radical (unpaired) electrons. The van der Waals surface area contributed by atoms with E-state index in [1.807, 2.05) is 37.3 Å². The van der Waals surface area contributed by atoms with Gasteiger partial charge >= 0.3 is 5.97 Å². The van der Waals surface area contributed by atoms with Crippen LogP contribution in [0.4, 0.5) is 0 Å². The number of carbonyl (C=O) groups is 3. The second kappa shape index (κ2) is 14.1. The number of carboxylic acids is 1. The number of carbonyl (C=O) groups excluding carboxylic acids is 2. The Morgan fingerprint density at radius 1 is 0.940 bits per heavy atom. The SMILES string of the molecule is CC(O)CC(C(=O)O)=C1CCC2(N=C(N)N)C=CC34CC5(O)C=CC6(O)C7=C8C(=O)CC3(CC=CCC4C2(O)C1O)C75CCC#CCC1(C)C(=O)CCC8(C)C1C6C1=Cc2ccccc2CC1. The summed E-state index contributed by atoms with van der Waals surface area (Å²) in [4.78, 5) is 48.6. The number of carboxylic acid groups (broad SMARTS) is 1. The standard InChI is InChI=1S/C55H63N3O9/c1-31(59)27-36(45(63)64)35-16-22-51(58-46(56)57)24-23-49-30-52(65)25-26-53(66)40(34-15-14-32-11-5-6-12-33(32)28-34)42-47(2)18-8-4-9-20-54(52)43(53)41(48(42,3)21-17-39(47)61)37(60)29-50(49,54)19-10-7-13-38(49)55(51,67)44(35)62/h5-7,10-12,23-26,28,31,38,40,42,44,59,62,65-67H,9,13-22,27,29-30H2,1-3H3,(H,63,64)(H4,56,57,58). The molecule has 0 amide bonds. The van der Waals surface area contributed by atoms with Gasteiger partial charge in [0.15, 0.2) is 11.7 Å². The maximum absolute atomic E-state index is 16.2. The van der Waals surface area contributed by atoms with E-state index in [1.54, 1.807) is 18.2 Å². The topological polar surface area (TPSA) is 237 Å². The van der Waals surface area contributed by atoms with Crippen LogP contribution in [0.5, 0.6) is 0 Å². The zero-order valence-corrected chi connectivity index (χ0v) is 38.6. The number of aryl methyl sites for hydroxylation is 1. The van der Waals surface area contributed by atoms with E-state index in [0.717, 1.165) is 17.6 Å². The molecule has 3 saturated carbocycles. The molecule has 11 rings (SSSR count). The highest BCUT2D eigenvalue weighted by molar-refractivity contribution is 6.02. The van der Waals surface area contributed by atoms with Crippen LogP contribution < -0.4 is 11.5 Å². The first-order valence-corrected chi connectivity index (χ1v) is 24.4. The number of hydrogen-bond donors (Lipinski definition) is 8. The summed E-state index contributed by atoms with van der Waals surface area (Å²) in [6, 6.07) is 8.23. The molecular weight excluding hydrogens is 847 g/mol. The molecule has 0 aliphatic heterocycles. The number of hydrogen-bond acceptors (Lipinski definition) is 9. The molecule has 1 aromatic rings. The summed E-state index contributed by atoms with van der Waals surface area (Å²) in [5, 5.41) is 76.7. The molecule has 3 fully saturated rings. The predicted octanol–water partition coefficient (Wildman–Crippen LogP) is 5.08.